The molecular weight excluding hydrogens is 124 g/mol. The minimum absolute atomic E-state index is 0.314. The van der Waals surface area contributed by atoms with Crippen LogP contribution < -0.4 is 0 Å². The van der Waals surface area contributed by atoms with Gasteiger partial charge >= 0.3 is 0 Å². The Morgan fingerprint density at radius 3 is 1.90 bits per heavy atom. The quantitative estimate of drug-likeness (QED) is 0.543. The highest BCUT2D eigenvalue weighted by Crippen LogP contribution is 2.57. The van der Waals surface area contributed by atoms with Gasteiger partial charge in [0.05, 0.1) is 5.60 Å². The third-order valence-electron chi connectivity index (χ3n) is 3.55. The molecule has 0 aromatic carbocycles. The Morgan fingerprint density at radius 2 is 1.70 bits per heavy atom. The minimum Gasteiger partial charge on any atom is -0.378 e. The van der Waals surface area contributed by atoms with Crippen LogP contribution in [0.5, 0.6) is 0 Å². The van der Waals surface area contributed by atoms with E-state index in [0.717, 1.165) is 0 Å². The average molecular weight is 140 g/mol. The molecule has 0 heterocycles. The molecule has 1 nitrogen and oxygen atoms in total. The number of methoxy groups -OCH3 is 1. The van der Waals surface area contributed by atoms with E-state index in [-0.39, 0.29) is 0 Å². The number of hydrogen-bond donors (Lipinski definition) is 0. The second kappa shape index (κ2) is 1.76. The van der Waals surface area contributed by atoms with Crippen LogP contribution in [-0.2, 0) is 4.74 Å². The molecule has 0 radical (unpaired) electrons. The summed E-state index contributed by atoms with van der Waals surface area (Å²) in [4.78, 5) is 0. The van der Waals surface area contributed by atoms with E-state index in [1.54, 1.807) is 0 Å². The van der Waals surface area contributed by atoms with Gasteiger partial charge in [0.15, 0.2) is 0 Å². The fraction of sp³-hybridized carbons (Fsp3) is 1.00. The van der Waals surface area contributed by atoms with Crippen molar-refractivity contribution < 1.29 is 4.74 Å². The normalized spacial score (nSPS) is 52.2. The Balaban J connectivity index is 2.19. The lowest BCUT2D eigenvalue weighted by atomic mass is 9.87. The van der Waals surface area contributed by atoms with Gasteiger partial charge in [-0.1, -0.05) is 6.92 Å². The maximum Gasteiger partial charge on any atom is 0.0684 e. The predicted molar refractivity (Wildman–Crippen MR) is 40.9 cm³/mol. The van der Waals surface area contributed by atoms with Crippen molar-refractivity contribution in [3.8, 4) is 0 Å². The molecule has 0 atom stereocenters. The molecule has 10 heavy (non-hydrogen) atoms. The van der Waals surface area contributed by atoms with Gasteiger partial charge in [-0.05, 0) is 37.5 Å². The summed E-state index contributed by atoms with van der Waals surface area (Å²) in [7, 11) is 1.87. The van der Waals surface area contributed by atoms with Gasteiger partial charge in [-0.2, -0.15) is 0 Å². The fourth-order valence-corrected chi connectivity index (χ4v) is 2.72. The van der Waals surface area contributed by atoms with Gasteiger partial charge in [0.1, 0.15) is 0 Å². The zero-order valence-electron chi connectivity index (χ0n) is 6.94. The Morgan fingerprint density at radius 1 is 1.10 bits per heavy atom. The highest BCUT2D eigenvalue weighted by Gasteiger charge is 2.51. The summed E-state index contributed by atoms with van der Waals surface area (Å²) in [5.41, 5.74) is 0.963. The zero-order valence-corrected chi connectivity index (χ0v) is 6.94. The van der Waals surface area contributed by atoms with Crippen molar-refractivity contribution in [2.75, 3.05) is 7.11 Å². The first-order valence-electron chi connectivity index (χ1n) is 4.23. The second-order valence-corrected chi connectivity index (χ2v) is 4.37. The van der Waals surface area contributed by atoms with Crippen LogP contribution in [0.15, 0.2) is 0 Å². The Kier molecular flexibility index (Phi) is 1.17. The van der Waals surface area contributed by atoms with E-state index in [0.29, 0.717) is 11.0 Å². The summed E-state index contributed by atoms with van der Waals surface area (Å²) >= 11 is 0. The largest absolute Gasteiger partial charge is 0.378 e. The van der Waals surface area contributed by atoms with E-state index >= 15 is 0 Å². The summed E-state index contributed by atoms with van der Waals surface area (Å²) in [6.07, 6.45) is 6.71. The number of ether oxygens (including phenoxy) is 1. The van der Waals surface area contributed by atoms with Gasteiger partial charge < -0.3 is 4.74 Å². The molecule has 2 rings (SSSR count). The maximum absolute atomic E-state index is 5.55. The van der Waals surface area contributed by atoms with Crippen molar-refractivity contribution in [1.29, 1.82) is 0 Å². The first kappa shape index (κ1) is 6.66. The van der Waals surface area contributed by atoms with E-state index in [1.807, 2.05) is 7.11 Å². The molecule has 2 saturated carbocycles. The van der Waals surface area contributed by atoms with Crippen molar-refractivity contribution >= 4 is 0 Å². The van der Waals surface area contributed by atoms with Crippen LogP contribution in [0, 0.1) is 5.41 Å². The third-order valence-corrected chi connectivity index (χ3v) is 3.55. The Labute approximate surface area is 62.8 Å². The highest BCUT2D eigenvalue weighted by molar-refractivity contribution is 5.03. The summed E-state index contributed by atoms with van der Waals surface area (Å²) in [5.74, 6) is 0. The van der Waals surface area contributed by atoms with Crippen molar-refractivity contribution in [2.45, 2.75) is 44.6 Å². The van der Waals surface area contributed by atoms with Gasteiger partial charge in [0.25, 0.3) is 0 Å². The lowest BCUT2D eigenvalue weighted by Gasteiger charge is -2.24. The predicted octanol–water partition coefficient (Wildman–Crippen LogP) is 2.36. The molecule has 2 bridgehead atoms. The van der Waals surface area contributed by atoms with Crippen molar-refractivity contribution in [1.82, 2.24) is 0 Å². The Bertz CT molecular complexity index is 143. The molecule has 0 N–H and O–H groups in total. The molecule has 2 fully saturated rings. The van der Waals surface area contributed by atoms with Crippen LogP contribution in [0.3, 0.4) is 0 Å². The molecule has 1 heteroatoms. The van der Waals surface area contributed by atoms with E-state index < -0.39 is 0 Å². The molecule has 0 aliphatic heterocycles. The summed E-state index contributed by atoms with van der Waals surface area (Å²) in [6.45, 7) is 2.40. The van der Waals surface area contributed by atoms with Gasteiger partial charge in [0.2, 0.25) is 0 Å². The van der Waals surface area contributed by atoms with Crippen molar-refractivity contribution in [3.63, 3.8) is 0 Å². The van der Waals surface area contributed by atoms with Crippen LogP contribution in [0.25, 0.3) is 0 Å². The van der Waals surface area contributed by atoms with Gasteiger partial charge in [-0.15, -0.1) is 0 Å². The van der Waals surface area contributed by atoms with E-state index in [2.05, 4.69) is 6.92 Å². The SMILES string of the molecule is COC12CCC(C)(CC1)C2. The van der Waals surface area contributed by atoms with Crippen LogP contribution in [0.4, 0.5) is 0 Å². The monoisotopic (exact) mass is 140 g/mol. The van der Waals surface area contributed by atoms with E-state index in [4.69, 9.17) is 4.74 Å². The molecule has 0 unspecified atom stereocenters. The van der Waals surface area contributed by atoms with Crippen LogP contribution in [0.1, 0.15) is 39.0 Å². The number of rotatable bonds is 1. The molecule has 0 amide bonds. The second-order valence-electron chi connectivity index (χ2n) is 4.37. The van der Waals surface area contributed by atoms with E-state index in [1.165, 1.54) is 32.1 Å². The summed E-state index contributed by atoms with van der Waals surface area (Å²) in [5, 5.41) is 0. The first-order chi connectivity index (χ1) is 4.68. The van der Waals surface area contributed by atoms with Gasteiger partial charge in [-0.3, -0.25) is 0 Å². The lowest BCUT2D eigenvalue weighted by molar-refractivity contribution is -0.000338. The summed E-state index contributed by atoms with van der Waals surface area (Å²) in [6, 6.07) is 0. The van der Waals surface area contributed by atoms with Crippen LogP contribution in [-0.4, -0.2) is 12.7 Å². The molecule has 58 valence electrons. The molecule has 2 aliphatic rings. The van der Waals surface area contributed by atoms with Crippen LogP contribution in [0.2, 0.25) is 0 Å². The maximum atomic E-state index is 5.55. The fourth-order valence-electron chi connectivity index (χ4n) is 2.72. The average Bonchev–Trinajstić information content (AvgIpc) is 2.42. The first-order valence-corrected chi connectivity index (χ1v) is 4.23. The smallest absolute Gasteiger partial charge is 0.0684 e. The molecule has 2 aliphatic carbocycles. The minimum atomic E-state index is 0.314. The lowest BCUT2D eigenvalue weighted by Crippen LogP contribution is -2.24. The van der Waals surface area contributed by atoms with E-state index in [9.17, 15) is 0 Å². The zero-order chi connectivity index (χ0) is 7.24. The molecule has 0 aromatic rings. The van der Waals surface area contributed by atoms with Gasteiger partial charge in [-0.25, -0.2) is 0 Å². The van der Waals surface area contributed by atoms with Crippen molar-refractivity contribution in [2.24, 2.45) is 5.41 Å². The Hall–Kier alpha value is -0.0400. The van der Waals surface area contributed by atoms with Gasteiger partial charge in [0, 0.05) is 7.11 Å². The number of hydrogen-bond acceptors (Lipinski definition) is 1. The number of fused-ring (bicyclic) bond motifs is 2. The highest BCUT2D eigenvalue weighted by atomic mass is 16.5. The van der Waals surface area contributed by atoms with Crippen molar-refractivity contribution in [3.05, 3.63) is 0 Å². The standard InChI is InChI=1S/C9H16O/c1-8-3-5-9(7-8,10-2)6-4-8/h3-7H2,1-2H3. The molecule has 0 spiro atoms. The molecule has 0 saturated heterocycles. The summed E-state index contributed by atoms with van der Waals surface area (Å²) < 4.78 is 5.55. The van der Waals surface area contributed by atoms with Crippen LogP contribution >= 0.6 is 0 Å². The molecule has 0 aromatic heterocycles. The third kappa shape index (κ3) is 0.731. The topological polar surface area (TPSA) is 9.23 Å². The molecular formula is C9H16O.